The molecule has 0 aromatic carbocycles. The van der Waals surface area contributed by atoms with Gasteiger partial charge in [-0.1, -0.05) is 6.07 Å². The molecule has 96 valence electrons. The molecule has 0 bridgehead atoms. The van der Waals surface area contributed by atoms with Crippen LogP contribution in [-0.2, 0) is 0 Å². The molecule has 6 heteroatoms. The number of thiophene rings is 1. The smallest absolute Gasteiger partial charge is 0.251 e. The molecule has 0 radical (unpaired) electrons. The van der Waals surface area contributed by atoms with Gasteiger partial charge in [0.05, 0.1) is 6.04 Å². The molecular formula is C12H11F3N2S. The van der Waals surface area contributed by atoms with Gasteiger partial charge in [0.15, 0.2) is 17.5 Å². The molecule has 1 unspecified atom stereocenters. The summed E-state index contributed by atoms with van der Waals surface area (Å²) < 4.78 is 39.4. The third-order valence-electron chi connectivity index (χ3n) is 2.74. The molecule has 0 fully saturated rings. The average Bonchev–Trinajstić information content (AvgIpc) is 2.85. The number of rotatable bonds is 3. The molecule has 0 N–H and O–H groups in total. The molecule has 1 atom stereocenters. The fourth-order valence-electron chi connectivity index (χ4n) is 1.59. The Morgan fingerprint density at radius 2 is 2.00 bits per heavy atom. The van der Waals surface area contributed by atoms with Crippen molar-refractivity contribution in [1.29, 1.82) is 0 Å². The maximum atomic E-state index is 13.6. The minimum absolute atomic E-state index is 0.170. The second-order valence-electron chi connectivity index (χ2n) is 3.87. The van der Waals surface area contributed by atoms with Gasteiger partial charge in [0.1, 0.15) is 0 Å². The number of aromatic nitrogens is 1. The summed E-state index contributed by atoms with van der Waals surface area (Å²) in [7, 11) is 1.59. The van der Waals surface area contributed by atoms with Crippen LogP contribution in [0.2, 0.25) is 0 Å². The van der Waals surface area contributed by atoms with Crippen LogP contribution in [0.15, 0.2) is 23.6 Å². The maximum Gasteiger partial charge on any atom is 0.251 e. The van der Waals surface area contributed by atoms with Gasteiger partial charge in [0.25, 0.3) is 5.95 Å². The highest BCUT2D eigenvalue weighted by Crippen LogP contribution is 2.29. The standard InChI is InChI=1S/C12H11F3N2S/c1-7(10-4-3-5-18-10)17(2)12-9(14)6-8(13)11(15)16-12/h3-7H,1-2H3. The van der Waals surface area contributed by atoms with Crippen LogP contribution in [0, 0.1) is 17.6 Å². The van der Waals surface area contributed by atoms with E-state index in [4.69, 9.17) is 0 Å². The first kappa shape index (κ1) is 12.9. The molecule has 2 aromatic rings. The lowest BCUT2D eigenvalue weighted by molar-refractivity contribution is 0.462. The molecule has 0 saturated heterocycles. The van der Waals surface area contributed by atoms with E-state index >= 15 is 0 Å². The van der Waals surface area contributed by atoms with Crippen molar-refractivity contribution in [1.82, 2.24) is 4.98 Å². The van der Waals surface area contributed by atoms with Gasteiger partial charge in [-0.15, -0.1) is 11.3 Å². The minimum Gasteiger partial charge on any atom is -0.350 e. The molecular weight excluding hydrogens is 261 g/mol. The van der Waals surface area contributed by atoms with Crippen molar-refractivity contribution in [2.75, 3.05) is 11.9 Å². The van der Waals surface area contributed by atoms with Crippen molar-refractivity contribution in [2.45, 2.75) is 13.0 Å². The fourth-order valence-corrected chi connectivity index (χ4v) is 2.41. The summed E-state index contributed by atoms with van der Waals surface area (Å²) in [6.45, 7) is 1.84. The molecule has 0 spiro atoms. The second-order valence-corrected chi connectivity index (χ2v) is 4.85. The van der Waals surface area contributed by atoms with E-state index in [0.29, 0.717) is 6.07 Å². The first-order chi connectivity index (χ1) is 8.50. The number of pyridine rings is 1. The molecule has 0 aliphatic carbocycles. The summed E-state index contributed by atoms with van der Waals surface area (Å²) in [6, 6.07) is 4.11. The molecule has 0 aliphatic rings. The van der Waals surface area contributed by atoms with E-state index in [0.717, 1.165) is 4.88 Å². The number of anilines is 1. The summed E-state index contributed by atoms with van der Waals surface area (Å²) in [6.07, 6.45) is 0. The molecule has 2 nitrogen and oxygen atoms in total. The van der Waals surface area contributed by atoms with E-state index in [1.54, 1.807) is 7.05 Å². The minimum atomic E-state index is -1.29. The number of hydrogen-bond acceptors (Lipinski definition) is 3. The molecule has 2 heterocycles. The molecule has 2 rings (SSSR count). The summed E-state index contributed by atoms with van der Waals surface area (Å²) in [5, 5.41) is 1.90. The highest BCUT2D eigenvalue weighted by molar-refractivity contribution is 7.10. The Balaban J connectivity index is 2.34. The predicted molar refractivity (Wildman–Crippen MR) is 65.2 cm³/mol. The van der Waals surface area contributed by atoms with Crippen LogP contribution in [0.4, 0.5) is 19.0 Å². The quantitative estimate of drug-likeness (QED) is 0.791. The molecule has 18 heavy (non-hydrogen) atoms. The van der Waals surface area contributed by atoms with E-state index in [9.17, 15) is 13.2 Å². The zero-order valence-corrected chi connectivity index (χ0v) is 10.6. The highest BCUT2D eigenvalue weighted by Gasteiger charge is 2.20. The Kier molecular flexibility index (Phi) is 3.56. The van der Waals surface area contributed by atoms with Gasteiger partial charge in [-0.25, -0.2) is 8.78 Å². The Morgan fingerprint density at radius 3 is 2.61 bits per heavy atom. The lowest BCUT2D eigenvalue weighted by atomic mass is 10.2. The Hall–Kier alpha value is -1.56. The third-order valence-corrected chi connectivity index (χ3v) is 3.78. The van der Waals surface area contributed by atoms with E-state index in [1.807, 2.05) is 24.4 Å². The van der Waals surface area contributed by atoms with Crippen molar-refractivity contribution in [2.24, 2.45) is 0 Å². The molecule has 0 amide bonds. The maximum absolute atomic E-state index is 13.6. The van der Waals surface area contributed by atoms with Crippen LogP contribution in [0.25, 0.3) is 0 Å². The number of hydrogen-bond donors (Lipinski definition) is 0. The van der Waals surface area contributed by atoms with Crippen molar-refractivity contribution < 1.29 is 13.2 Å². The Labute approximate surface area is 107 Å². The van der Waals surface area contributed by atoms with Crippen LogP contribution in [0.1, 0.15) is 17.8 Å². The van der Waals surface area contributed by atoms with E-state index in [1.165, 1.54) is 16.2 Å². The van der Waals surface area contributed by atoms with Gasteiger partial charge in [0.2, 0.25) is 0 Å². The molecule has 0 saturated carbocycles. The topological polar surface area (TPSA) is 16.1 Å². The van der Waals surface area contributed by atoms with E-state index in [-0.39, 0.29) is 11.9 Å². The molecule has 2 aromatic heterocycles. The third kappa shape index (κ3) is 2.33. The lowest BCUT2D eigenvalue weighted by Gasteiger charge is -2.25. The van der Waals surface area contributed by atoms with Crippen molar-refractivity contribution in [3.05, 3.63) is 46.0 Å². The summed E-state index contributed by atoms with van der Waals surface area (Å²) in [5.41, 5.74) is 0. The first-order valence-electron chi connectivity index (χ1n) is 5.28. The number of nitrogens with zero attached hydrogens (tertiary/aromatic N) is 2. The highest BCUT2D eigenvalue weighted by atomic mass is 32.1. The van der Waals surface area contributed by atoms with Gasteiger partial charge in [-0.3, -0.25) is 0 Å². The van der Waals surface area contributed by atoms with Gasteiger partial charge >= 0.3 is 0 Å². The first-order valence-corrected chi connectivity index (χ1v) is 6.16. The van der Waals surface area contributed by atoms with Crippen molar-refractivity contribution >= 4 is 17.2 Å². The van der Waals surface area contributed by atoms with E-state index < -0.39 is 17.6 Å². The Bertz CT molecular complexity index is 543. The SMILES string of the molecule is CC(c1cccs1)N(C)c1nc(F)c(F)cc1F. The van der Waals surface area contributed by atoms with Gasteiger partial charge < -0.3 is 4.90 Å². The summed E-state index contributed by atoms with van der Waals surface area (Å²) >= 11 is 1.51. The Morgan fingerprint density at radius 1 is 1.28 bits per heavy atom. The van der Waals surface area contributed by atoms with Crippen LogP contribution >= 0.6 is 11.3 Å². The van der Waals surface area contributed by atoms with Crippen LogP contribution < -0.4 is 4.90 Å². The summed E-state index contributed by atoms with van der Waals surface area (Å²) in [4.78, 5) is 5.78. The zero-order valence-electron chi connectivity index (χ0n) is 9.82. The summed E-state index contributed by atoms with van der Waals surface area (Å²) in [5.74, 6) is -3.65. The lowest BCUT2D eigenvalue weighted by Crippen LogP contribution is -2.23. The molecule has 0 aliphatic heterocycles. The predicted octanol–water partition coefficient (Wildman–Crippen LogP) is 3.76. The van der Waals surface area contributed by atoms with Crippen molar-refractivity contribution in [3.63, 3.8) is 0 Å². The van der Waals surface area contributed by atoms with E-state index in [2.05, 4.69) is 4.98 Å². The monoisotopic (exact) mass is 272 g/mol. The van der Waals surface area contributed by atoms with Gasteiger partial charge in [0, 0.05) is 18.0 Å². The zero-order chi connectivity index (χ0) is 13.3. The average molecular weight is 272 g/mol. The van der Waals surface area contributed by atoms with Crippen LogP contribution in [0.3, 0.4) is 0 Å². The van der Waals surface area contributed by atoms with Crippen LogP contribution in [0.5, 0.6) is 0 Å². The largest absolute Gasteiger partial charge is 0.350 e. The van der Waals surface area contributed by atoms with Crippen molar-refractivity contribution in [3.8, 4) is 0 Å². The normalized spacial score (nSPS) is 12.5. The number of halogens is 3. The fraction of sp³-hybridized carbons (Fsp3) is 0.250. The van der Waals surface area contributed by atoms with Crippen LogP contribution in [-0.4, -0.2) is 12.0 Å². The van der Waals surface area contributed by atoms with Gasteiger partial charge in [-0.2, -0.15) is 9.37 Å². The second kappa shape index (κ2) is 4.97. The van der Waals surface area contributed by atoms with Gasteiger partial charge in [-0.05, 0) is 18.4 Å².